The van der Waals surface area contributed by atoms with Gasteiger partial charge in [0.05, 0.1) is 31.7 Å². The van der Waals surface area contributed by atoms with Gasteiger partial charge in [0.1, 0.15) is 5.69 Å². The number of esters is 1. The molecular weight excluding hydrogens is 499 g/mol. The number of amides is 2. The molecule has 2 aromatic carbocycles. The van der Waals surface area contributed by atoms with Crippen molar-refractivity contribution in [1.29, 1.82) is 0 Å². The molecule has 0 saturated carbocycles. The number of methoxy groups -OCH3 is 2. The van der Waals surface area contributed by atoms with E-state index in [0.717, 1.165) is 6.07 Å². The van der Waals surface area contributed by atoms with Gasteiger partial charge in [-0.15, -0.1) is 0 Å². The summed E-state index contributed by atoms with van der Waals surface area (Å²) in [6.07, 6.45) is 1.24. The van der Waals surface area contributed by atoms with Crippen LogP contribution in [0.5, 0.6) is 11.5 Å². The number of carbonyl (C=O) groups excluding carboxylic acids is 3. The number of rotatable bonds is 8. The van der Waals surface area contributed by atoms with Gasteiger partial charge in [0.15, 0.2) is 47.1 Å². The smallest absolute Gasteiger partial charge is 0.340 e. The molecule has 9 nitrogen and oxygen atoms in total. The number of furan rings is 1. The Labute approximate surface area is 198 Å². The van der Waals surface area contributed by atoms with E-state index in [4.69, 9.17) is 18.6 Å². The number of anilines is 2. The van der Waals surface area contributed by atoms with Gasteiger partial charge in [0, 0.05) is 12.1 Å². The Morgan fingerprint density at radius 1 is 0.861 bits per heavy atom. The minimum absolute atomic E-state index is 0.0336. The Hall–Kier alpha value is -4.62. The van der Waals surface area contributed by atoms with E-state index in [1.54, 1.807) is 0 Å². The largest absolute Gasteiger partial charge is 0.493 e. The number of nitrogens with one attached hydrogen (secondary N) is 2. The first kappa shape index (κ1) is 26.0. The molecule has 36 heavy (non-hydrogen) atoms. The van der Waals surface area contributed by atoms with Gasteiger partial charge in [-0.3, -0.25) is 9.59 Å². The molecule has 14 heteroatoms. The van der Waals surface area contributed by atoms with Gasteiger partial charge in [-0.05, 0) is 12.1 Å². The number of halogens is 5. The number of carbonyl (C=O) groups is 3. The summed E-state index contributed by atoms with van der Waals surface area (Å²) in [6, 6.07) is 5.12. The molecule has 2 N–H and O–H groups in total. The molecule has 0 atom stereocenters. The molecule has 0 spiro atoms. The standard InChI is InChI=1S/C22H15F5N2O7/c1-33-12-6-9(10(7-13(12)34-2)28-21(31)11-4-3-5-35-11)22(32)36-8-14(30)29-20-18(26)16(24)15(23)17(25)19(20)27/h3-7H,8H2,1-2H3,(H,28,31)(H,29,30). The Bertz CT molecular complexity index is 1300. The molecule has 0 radical (unpaired) electrons. The lowest BCUT2D eigenvalue weighted by Crippen LogP contribution is -2.24. The van der Waals surface area contributed by atoms with Gasteiger partial charge in [0.2, 0.25) is 5.82 Å². The second-order valence-corrected chi connectivity index (χ2v) is 6.75. The minimum atomic E-state index is -2.41. The average molecular weight is 514 g/mol. The topological polar surface area (TPSA) is 116 Å². The van der Waals surface area contributed by atoms with Crippen molar-refractivity contribution < 1.29 is 55.0 Å². The molecule has 0 aliphatic rings. The third-order valence-corrected chi connectivity index (χ3v) is 4.55. The minimum Gasteiger partial charge on any atom is -0.493 e. The lowest BCUT2D eigenvalue weighted by molar-refractivity contribution is -0.119. The van der Waals surface area contributed by atoms with Crippen molar-refractivity contribution in [3.63, 3.8) is 0 Å². The Morgan fingerprint density at radius 2 is 1.44 bits per heavy atom. The summed E-state index contributed by atoms with van der Waals surface area (Å²) in [5.74, 6) is -14.9. The van der Waals surface area contributed by atoms with E-state index in [1.807, 2.05) is 0 Å². The second kappa shape index (κ2) is 10.8. The van der Waals surface area contributed by atoms with Gasteiger partial charge >= 0.3 is 5.97 Å². The zero-order chi connectivity index (χ0) is 26.6. The molecule has 0 bridgehead atoms. The van der Waals surface area contributed by atoms with Crippen LogP contribution in [-0.4, -0.2) is 38.6 Å². The van der Waals surface area contributed by atoms with Gasteiger partial charge in [-0.2, -0.15) is 0 Å². The van der Waals surface area contributed by atoms with Crippen LogP contribution in [0.15, 0.2) is 34.9 Å². The fraction of sp³-hybridized carbons (Fsp3) is 0.136. The summed E-state index contributed by atoms with van der Waals surface area (Å²) >= 11 is 0. The monoisotopic (exact) mass is 514 g/mol. The van der Waals surface area contributed by atoms with Crippen molar-refractivity contribution in [3.8, 4) is 11.5 Å². The summed E-state index contributed by atoms with van der Waals surface area (Å²) in [7, 11) is 2.54. The Balaban J connectivity index is 1.81. The van der Waals surface area contributed by atoms with E-state index in [-0.39, 0.29) is 28.5 Å². The first-order valence-electron chi connectivity index (χ1n) is 9.68. The van der Waals surface area contributed by atoms with E-state index in [9.17, 15) is 36.3 Å². The quantitative estimate of drug-likeness (QED) is 0.202. The van der Waals surface area contributed by atoms with Crippen LogP contribution in [0.1, 0.15) is 20.9 Å². The van der Waals surface area contributed by atoms with Crippen molar-refractivity contribution in [2.24, 2.45) is 0 Å². The normalized spacial score (nSPS) is 10.5. The molecule has 0 aliphatic heterocycles. The van der Waals surface area contributed by atoms with Crippen LogP contribution in [0.2, 0.25) is 0 Å². The third kappa shape index (κ3) is 5.21. The van der Waals surface area contributed by atoms with Gasteiger partial charge in [0.25, 0.3) is 11.8 Å². The highest BCUT2D eigenvalue weighted by Crippen LogP contribution is 2.34. The summed E-state index contributed by atoms with van der Waals surface area (Å²) in [6.45, 7) is -1.20. The van der Waals surface area contributed by atoms with E-state index in [1.165, 1.54) is 44.0 Å². The molecule has 190 valence electrons. The van der Waals surface area contributed by atoms with E-state index in [2.05, 4.69) is 5.32 Å². The first-order chi connectivity index (χ1) is 17.1. The summed E-state index contributed by atoms with van der Waals surface area (Å²) < 4.78 is 87.3. The molecule has 0 unspecified atom stereocenters. The number of hydrogen-bond acceptors (Lipinski definition) is 7. The van der Waals surface area contributed by atoms with E-state index in [0.29, 0.717) is 0 Å². The average Bonchev–Trinajstić information content (AvgIpc) is 3.42. The van der Waals surface area contributed by atoms with Crippen molar-refractivity contribution in [3.05, 3.63) is 70.9 Å². The number of hydrogen-bond donors (Lipinski definition) is 2. The van der Waals surface area contributed by atoms with Crippen LogP contribution >= 0.6 is 0 Å². The molecule has 0 fully saturated rings. The van der Waals surface area contributed by atoms with Crippen LogP contribution in [0.25, 0.3) is 0 Å². The molecule has 1 aromatic heterocycles. The zero-order valence-corrected chi connectivity index (χ0v) is 18.3. The lowest BCUT2D eigenvalue weighted by Gasteiger charge is -2.15. The maximum atomic E-state index is 13.8. The third-order valence-electron chi connectivity index (χ3n) is 4.55. The van der Waals surface area contributed by atoms with Gasteiger partial charge in [-0.25, -0.2) is 26.7 Å². The Kier molecular flexibility index (Phi) is 7.77. The fourth-order valence-electron chi connectivity index (χ4n) is 2.84. The van der Waals surface area contributed by atoms with Crippen molar-refractivity contribution in [1.82, 2.24) is 0 Å². The zero-order valence-electron chi connectivity index (χ0n) is 18.3. The predicted octanol–water partition coefficient (Wildman–Crippen LogP) is 4.04. The van der Waals surface area contributed by atoms with E-state index >= 15 is 0 Å². The highest BCUT2D eigenvalue weighted by molar-refractivity contribution is 6.07. The SMILES string of the molecule is COc1cc(NC(=O)c2ccco2)c(C(=O)OCC(=O)Nc2c(F)c(F)c(F)c(F)c2F)cc1OC. The molecule has 3 aromatic rings. The van der Waals surface area contributed by atoms with Crippen LogP contribution < -0.4 is 20.1 Å². The molecule has 1 heterocycles. The van der Waals surface area contributed by atoms with Crippen LogP contribution in [0, 0.1) is 29.1 Å². The van der Waals surface area contributed by atoms with Gasteiger partial charge in [-0.1, -0.05) is 0 Å². The van der Waals surface area contributed by atoms with E-state index < -0.39 is 59.2 Å². The maximum Gasteiger partial charge on any atom is 0.340 e. The van der Waals surface area contributed by atoms with Crippen molar-refractivity contribution >= 4 is 29.2 Å². The predicted molar refractivity (Wildman–Crippen MR) is 111 cm³/mol. The Morgan fingerprint density at radius 3 is 2.00 bits per heavy atom. The molecular formula is C22H15F5N2O7. The maximum absolute atomic E-state index is 13.8. The first-order valence-corrected chi connectivity index (χ1v) is 9.68. The summed E-state index contributed by atoms with van der Waals surface area (Å²) in [4.78, 5) is 37.0. The lowest BCUT2D eigenvalue weighted by atomic mass is 10.1. The van der Waals surface area contributed by atoms with Crippen LogP contribution in [0.4, 0.5) is 33.3 Å². The number of benzene rings is 2. The van der Waals surface area contributed by atoms with Crippen LogP contribution in [0.3, 0.4) is 0 Å². The highest BCUT2D eigenvalue weighted by Gasteiger charge is 2.27. The van der Waals surface area contributed by atoms with Crippen molar-refractivity contribution in [2.75, 3.05) is 31.5 Å². The summed E-state index contributed by atoms with van der Waals surface area (Å²) in [5.41, 5.74) is -2.11. The molecule has 2 amide bonds. The molecule has 3 rings (SSSR count). The van der Waals surface area contributed by atoms with Crippen LogP contribution in [-0.2, 0) is 9.53 Å². The number of ether oxygens (including phenoxy) is 3. The summed E-state index contributed by atoms with van der Waals surface area (Å²) in [5, 5.41) is 3.85. The highest BCUT2D eigenvalue weighted by atomic mass is 19.2. The molecule has 0 aliphatic carbocycles. The van der Waals surface area contributed by atoms with Gasteiger partial charge < -0.3 is 29.3 Å². The van der Waals surface area contributed by atoms with Crippen molar-refractivity contribution in [2.45, 2.75) is 0 Å². The molecule has 0 saturated heterocycles. The second-order valence-electron chi connectivity index (χ2n) is 6.75. The fourth-order valence-corrected chi connectivity index (χ4v) is 2.84.